The van der Waals surface area contributed by atoms with Gasteiger partial charge < -0.3 is 4.74 Å². The van der Waals surface area contributed by atoms with Crippen molar-refractivity contribution in [3.05, 3.63) is 64.7 Å². The predicted octanol–water partition coefficient (Wildman–Crippen LogP) is 4.66. The zero-order valence-electron chi connectivity index (χ0n) is 10.7. The van der Waals surface area contributed by atoms with Gasteiger partial charge in [0, 0.05) is 11.4 Å². The Hall–Kier alpha value is -2.01. The third-order valence-corrected chi connectivity index (χ3v) is 3.09. The lowest BCUT2D eigenvalue weighted by Gasteiger charge is -2.12. The molecule has 0 amide bonds. The smallest absolute Gasteiger partial charge is 0.405 e. The van der Waals surface area contributed by atoms with Crippen LogP contribution in [-0.2, 0) is 6.42 Å². The molecule has 0 saturated carbocycles. The first kappa shape index (κ1) is 15.4. The van der Waals surface area contributed by atoms with Gasteiger partial charge in [-0.15, -0.1) is 13.2 Å². The van der Waals surface area contributed by atoms with Gasteiger partial charge in [0.05, 0.1) is 5.56 Å². The van der Waals surface area contributed by atoms with Crippen LogP contribution in [0.5, 0.6) is 5.75 Å². The highest BCUT2D eigenvalue weighted by Gasteiger charge is 2.32. The van der Waals surface area contributed by atoms with Crippen molar-refractivity contribution in [1.82, 2.24) is 0 Å². The molecule has 0 unspecified atom stereocenters. The molecule has 0 aliphatic carbocycles. The number of hydrogen-bond acceptors (Lipinski definition) is 2. The monoisotopic (exact) mass is 314 g/mol. The third kappa shape index (κ3) is 4.23. The summed E-state index contributed by atoms with van der Waals surface area (Å²) < 4.78 is 40.8. The van der Waals surface area contributed by atoms with Gasteiger partial charge >= 0.3 is 6.36 Å². The summed E-state index contributed by atoms with van der Waals surface area (Å²) in [5, 5.41) is 0.389. The Morgan fingerprint density at radius 3 is 2.33 bits per heavy atom. The normalized spacial score (nSPS) is 11.2. The van der Waals surface area contributed by atoms with E-state index in [4.69, 9.17) is 11.6 Å². The largest absolute Gasteiger partial charge is 0.573 e. The standard InChI is InChI=1S/C15H10ClF3O2/c16-12-7-3-1-5-10(12)9-13(20)11-6-2-4-8-14(11)21-15(17,18)19/h1-8H,9H2. The van der Waals surface area contributed by atoms with Gasteiger partial charge in [-0.25, -0.2) is 0 Å². The minimum atomic E-state index is -4.85. The molecule has 0 spiro atoms. The molecular weight excluding hydrogens is 305 g/mol. The SMILES string of the molecule is O=C(Cc1ccccc1Cl)c1ccccc1OC(F)(F)F. The van der Waals surface area contributed by atoms with Crippen LogP contribution in [0.4, 0.5) is 13.2 Å². The quantitative estimate of drug-likeness (QED) is 0.767. The summed E-state index contributed by atoms with van der Waals surface area (Å²) in [4.78, 5) is 12.2. The number of hydrogen-bond donors (Lipinski definition) is 0. The van der Waals surface area contributed by atoms with Gasteiger partial charge in [0.25, 0.3) is 0 Å². The second kappa shape index (κ2) is 6.18. The fourth-order valence-electron chi connectivity index (χ4n) is 1.82. The molecule has 0 aliphatic heterocycles. The van der Waals surface area contributed by atoms with Crippen LogP contribution in [0, 0.1) is 0 Å². The number of ketones is 1. The number of Topliss-reactive ketones (excluding diaryl/α,β-unsaturated/α-hetero) is 1. The highest BCUT2D eigenvalue weighted by molar-refractivity contribution is 6.31. The molecule has 0 radical (unpaired) electrons. The number of rotatable bonds is 4. The first-order valence-corrected chi connectivity index (χ1v) is 6.36. The van der Waals surface area contributed by atoms with Crippen LogP contribution in [-0.4, -0.2) is 12.1 Å². The number of ether oxygens (including phenoxy) is 1. The van der Waals surface area contributed by atoms with Gasteiger partial charge in [0.2, 0.25) is 0 Å². The molecule has 110 valence electrons. The molecule has 2 aromatic rings. The highest BCUT2D eigenvalue weighted by Crippen LogP contribution is 2.27. The predicted molar refractivity (Wildman–Crippen MR) is 72.6 cm³/mol. The Bertz CT molecular complexity index is 653. The van der Waals surface area contributed by atoms with Crippen LogP contribution < -0.4 is 4.74 Å². The van der Waals surface area contributed by atoms with Crippen molar-refractivity contribution < 1.29 is 22.7 Å². The summed E-state index contributed by atoms with van der Waals surface area (Å²) in [5.41, 5.74) is 0.417. The summed E-state index contributed by atoms with van der Waals surface area (Å²) in [6, 6.07) is 11.9. The van der Waals surface area contributed by atoms with Crippen LogP contribution in [0.15, 0.2) is 48.5 Å². The Morgan fingerprint density at radius 2 is 1.67 bits per heavy atom. The van der Waals surface area contributed by atoms with E-state index in [9.17, 15) is 18.0 Å². The molecule has 2 nitrogen and oxygen atoms in total. The summed E-state index contributed by atoms with van der Waals surface area (Å²) in [7, 11) is 0. The van der Waals surface area contributed by atoms with Gasteiger partial charge in [-0.2, -0.15) is 0 Å². The van der Waals surface area contributed by atoms with Gasteiger partial charge in [-0.1, -0.05) is 41.9 Å². The van der Waals surface area contributed by atoms with Crippen molar-refractivity contribution in [3.8, 4) is 5.75 Å². The first-order valence-electron chi connectivity index (χ1n) is 5.98. The molecule has 0 bridgehead atoms. The second-order valence-corrected chi connectivity index (χ2v) is 4.64. The lowest BCUT2D eigenvalue weighted by molar-refractivity contribution is -0.274. The van der Waals surface area contributed by atoms with Crippen LogP contribution in [0.2, 0.25) is 5.02 Å². The van der Waals surface area contributed by atoms with Crippen LogP contribution in [0.25, 0.3) is 0 Å². The van der Waals surface area contributed by atoms with Gasteiger partial charge in [0.1, 0.15) is 5.75 Å². The van der Waals surface area contributed by atoms with E-state index in [-0.39, 0.29) is 12.0 Å². The minimum absolute atomic E-state index is 0.0993. The van der Waals surface area contributed by atoms with E-state index < -0.39 is 17.9 Å². The first-order chi connectivity index (χ1) is 9.87. The summed E-state index contributed by atoms with van der Waals surface area (Å²) in [6.07, 6.45) is -4.95. The fourth-order valence-corrected chi connectivity index (χ4v) is 2.02. The average molecular weight is 315 g/mol. The van der Waals surface area contributed by atoms with Crippen LogP contribution >= 0.6 is 11.6 Å². The van der Waals surface area contributed by atoms with E-state index >= 15 is 0 Å². The molecule has 21 heavy (non-hydrogen) atoms. The molecule has 2 aromatic carbocycles. The molecule has 0 saturated heterocycles. The number of carbonyl (C=O) groups is 1. The number of alkyl halides is 3. The Morgan fingerprint density at radius 1 is 1.05 bits per heavy atom. The van der Waals surface area contributed by atoms with Crippen molar-refractivity contribution in [2.75, 3.05) is 0 Å². The van der Waals surface area contributed by atoms with Crippen LogP contribution in [0.3, 0.4) is 0 Å². The lowest BCUT2D eigenvalue weighted by atomic mass is 10.0. The van der Waals surface area contributed by atoms with Crippen molar-refractivity contribution in [3.63, 3.8) is 0 Å². The van der Waals surface area contributed by atoms with E-state index in [1.54, 1.807) is 24.3 Å². The van der Waals surface area contributed by atoms with Crippen molar-refractivity contribution >= 4 is 17.4 Å². The van der Waals surface area contributed by atoms with Gasteiger partial charge in [-0.3, -0.25) is 4.79 Å². The molecule has 0 atom stereocenters. The Kier molecular flexibility index (Phi) is 4.53. The average Bonchev–Trinajstić information content (AvgIpc) is 2.40. The number of benzene rings is 2. The topological polar surface area (TPSA) is 26.3 Å². The zero-order chi connectivity index (χ0) is 15.5. The van der Waals surface area contributed by atoms with E-state index in [0.29, 0.717) is 10.6 Å². The van der Waals surface area contributed by atoms with E-state index in [1.807, 2.05) is 0 Å². The zero-order valence-corrected chi connectivity index (χ0v) is 11.4. The summed E-state index contributed by atoms with van der Waals surface area (Å²) in [6.45, 7) is 0. The molecule has 0 fully saturated rings. The second-order valence-electron chi connectivity index (χ2n) is 4.24. The summed E-state index contributed by atoms with van der Waals surface area (Å²) in [5.74, 6) is -1.01. The number of halogens is 4. The molecule has 0 heterocycles. The Labute approximate surface area is 124 Å². The highest BCUT2D eigenvalue weighted by atomic mass is 35.5. The van der Waals surface area contributed by atoms with Crippen LogP contribution in [0.1, 0.15) is 15.9 Å². The van der Waals surface area contributed by atoms with Crippen molar-refractivity contribution in [2.45, 2.75) is 12.8 Å². The lowest BCUT2D eigenvalue weighted by Crippen LogP contribution is -2.19. The molecule has 0 aromatic heterocycles. The number of para-hydroxylation sites is 1. The van der Waals surface area contributed by atoms with E-state index in [1.165, 1.54) is 18.2 Å². The Balaban J connectivity index is 2.26. The molecular formula is C15H10ClF3O2. The van der Waals surface area contributed by atoms with Gasteiger partial charge in [0.15, 0.2) is 5.78 Å². The van der Waals surface area contributed by atoms with E-state index in [2.05, 4.69) is 4.74 Å². The third-order valence-electron chi connectivity index (χ3n) is 2.72. The van der Waals surface area contributed by atoms with E-state index in [0.717, 1.165) is 6.07 Å². The maximum absolute atomic E-state index is 12.3. The summed E-state index contributed by atoms with van der Waals surface area (Å²) >= 11 is 5.94. The minimum Gasteiger partial charge on any atom is -0.405 e. The van der Waals surface area contributed by atoms with Crippen molar-refractivity contribution in [1.29, 1.82) is 0 Å². The molecule has 6 heteroatoms. The molecule has 0 aliphatic rings. The van der Waals surface area contributed by atoms with Crippen molar-refractivity contribution in [2.24, 2.45) is 0 Å². The molecule has 2 rings (SSSR count). The maximum Gasteiger partial charge on any atom is 0.573 e. The molecule has 0 N–H and O–H groups in total. The van der Waals surface area contributed by atoms with Gasteiger partial charge in [-0.05, 0) is 23.8 Å². The fraction of sp³-hybridized carbons (Fsp3) is 0.133. The number of carbonyl (C=O) groups excluding carboxylic acids is 1. The maximum atomic E-state index is 12.3.